The molecule has 1 unspecified atom stereocenters. The van der Waals surface area contributed by atoms with Gasteiger partial charge in [0.25, 0.3) is 0 Å². The predicted octanol–water partition coefficient (Wildman–Crippen LogP) is -0.0684. The fraction of sp³-hybridized carbons (Fsp3) is 0.444. The maximum Gasteiger partial charge on any atom is 0.325 e. The highest BCUT2D eigenvalue weighted by atomic mass is 16.4. The highest BCUT2D eigenvalue weighted by Crippen LogP contribution is 1.97. The van der Waals surface area contributed by atoms with E-state index in [1.807, 2.05) is 0 Å². The van der Waals surface area contributed by atoms with Crippen molar-refractivity contribution in [3.05, 3.63) is 18.2 Å². The first-order valence-electron chi connectivity index (χ1n) is 4.59. The van der Waals surface area contributed by atoms with Crippen LogP contribution in [0.4, 0.5) is 0 Å². The Hall–Kier alpha value is -1.85. The van der Waals surface area contributed by atoms with Crippen LogP contribution in [0, 0.1) is 0 Å². The predicted molar refractivity (Wildman–Crippen MR) is 52.1 cm³/mol. The van der Waals surface area contributed by atoms with E-state index in [1.54, 1.807) is 6.20 Å². The number of aliphatic carboxylic acids is 1. The summed E-state index contributed by atoms with van der Waals surface area (Å²) in [6, 6.07) is -0.848. The Morgan fingerprint density at radius 3 is 2.93 bits per heavy atom. The first-order chi connectivity index (χ1) is 7.09. The Balaban J connectivity index is 2.28. The molecule has 1 rings (SSSR count). The molecule has 15 heavy (non-hydrogen) atoms. The molecule has 1 amide bonds. The van der Waals surface area contributed by atoms with Crippen molar-refractivity contribution in [3.8, 4) is 0 Å². The van der Waals surface area contributed by atoms with Crippen LogP contribution < -0.4 is 5.32 Å². The van der Waals surface area contributed by atoms with Crippen molar-refractivity contribution in [2.75, 3.05) is 0 Å². The van der Waals surface area contributed by atoms with E-state index >= 15 is 0 Å². The number of aryl methyl sites for hydroxylation is 1. The number of nitrogens with one attached hydrogen (secondary N) is 2. The zero-order chi connectivity index (χ0) is 11.3. The Kier molecular flexibility index (Phi) is 3.84. The molecule has 1 aromatic rings. The Labute approximate surface area is 86.7 Å². The second-order valence-corrected chi connectivity index (χ2v) is 3.20. The maximum absolute atomic E-state index is 11.2. The van der Waals surface area contributed by atoms with Gasteiger partial charge in [-0.1, -0.05) is 0 Å². The first-order valence-corrected chi connectivity index (χ1v) is 4.59. The van der Waals surface area contributed by atoms with E-state index in [0.717, 1.165) is 5.69 Å². The van der Waals surface area contributed by atoms with Crippen LogP contribution in [-0.4, -0.2) is 33.0 Å². The van der Waals surface area contributed by atoms with Gasteiger partial charge in [0.2, 0.25) is 5.91 Å². The van der Waals surface area contributed by atoms with E-state index in [1.165, 1.54) is 13.3 Å². The minimum absolute atomic E-state index is 0.250. The van der Waals surface area contributed by atoms with Crippen molar-refractivity contribution in [1.29, 1.82) is 0 Å². The molecule has 0 aliphatic carbocycles. The molecule has 1 aromatic heterocycles. The lowest BCUT2D eigenvalue weighted by Gasteiger charge is -2.08. The molecular weight excluding hydrogens is 198 g/mol. The molecule has 0 radical (unpaired) electrons. The van der Waals surface area contributed by atoms with Crippen LogP contribution in [0.5, 0.6) is 0 Å². The lowest BCUT2D eigenvalue weighted by atomic mass is 10.2. The number of H-pyrrole nitrogens is 1. The van der Waals surface area contributed by atoms with Gasteiger partial charge in [0, 0.05) is 18.3 Å². The number of aromatic nitrogens is 2. The number of amides is 1. The van der Waals surface area contributed by atoms with Crippen molar-refractivity contribution >= 4 is 11.9 Å². The van der Waals surface area contributed by atoms with Crippen LogP contribution in [0.25, 0.3) is 0 Å². The Morgan fingerprint density at radius 1 is 1.67 bits per heavy atom. The number of carbonyl (C=O) groups excluding carboxylic acids is 1. The molecule has 6 nitrogen and oxygen atoms in total. The van der Waals surface area contributed by atoms with Crippen LogP contribution in [0.2, 0.25) is 0 Å². The van der Waals surface area contributed by atoms with Gasteiger partial charge in [-0.2, -0.15) is 0 Å². The molecule has 0 saturated heterocycles. The minimum Gasteiger partial charge on any atom is -0.480 e. The van der Waals surface area contributed by atoms with Gasteiger partial charge in [-0.05, 0) is 13.3 Å². The van der Waals surface area contributed by atoms with Gasteiger partial charge in [-0.3, -0.25) is 9.59 Å². The summed E-state index contributed by atoms with van der Waals surface area (Å²) in [5.41, 5.74) is 0.855. The summed E-state index contributed by atoms with van der Waals surface area (Å²) in [5, 5.41) is 10.9. The highest BCUT2D eigenvalue weighted by molar-refractivity contribution is 5.83. The standard InChI is InChI=1S/C9H13N3O3/c1-6(9(14)15)12-8(13)3-2-7-4-10-5-11-7/h4-6H,2-3H2,1H3,(H,10,11)(H,12,13)(H,14,15). The molecule has 1 heterocycles. The van der Waals surface area contributed by atoms with Gasteiger partial charge in [-0.15, -0.1) is 0 Å². The molecule has 1 atom stereocenters. The van der Waals surface area contributed by atoms with E-state index < -0.39 is 12.0 Å². The van der Waals surface area contributed by atoms with Crippen LogP contribution in [0.1, 0.15) is 19.0 Å². The maximum atomic E-state index is 11.2. The summed E-state index contributed by atoms with van der Waals surface area (Å²) in [5.74, 6) is -1.32. The number of aromatic amines is 1. The third-order valence-electron chi connectivity index (χ3n) is 1.92. The molecule has 0 saturated carbocycles. The summed E-state index contributed by atoms with van der Waals surface area (Å²) in [4.78, 5) is 28.4. The van der Waals surface area contributed by atoms with Crippen LogP contribution in [0.3, 0.4) is 0 Å². The van der Waals surface area contributed by atoms with Crippen molar-refractivity contribution in [1.82, 2.24) is 15.3 Å². The minimum atomic E-state index is -1.04. The number of carboxylic acid groups (broad SMARTS) is 1. The monoisotopic (exact) mass is 211 g/mol. The van der Waals surface area contributed by atoms with Crippen molar-refractivity contribution < 1.29 is 14.7 Å². The van der Waals surface area contributed by atoms with Crippen LogP contribution in [0.15, 0.2) is 12.5 Å². The normalized spacial score (nSPS) is 12.1. The smallest absolute Gasteiger partial charge is 0.325 e. The lowest BCUT2D eigenvalue weighted by Crippen LogP contribution is -2.38. The molecule has 0 bridgehead atoms. The number of nitrogens with zero attached hydrogens (tertiary/aromatic N) is 1. The van der Waals surface area contributed by atoms with Crippen LogP contribution >= 0.6 is 0 Å². The quantitative estimate of drug-likeness (QED) is 0.635. The zero-order valence-electron chi connectivity index (χ0n) is 8.36. The number of hydrogen-bond donors (Lipinski definition) is 3. The molecule has 82 valence electrons. The molecule has 0 spiro atoms. The Morgan fingerprint density at radius 2 is 2.40 bits per heavy atom. The van der Waals surface area contributed by atoms with Crippen molar-refractivity contribution in [2.45, 2.75) is 25.8 Å². The van der Waals surface area contributed by atoms with Gasteiger partial charge in [0.05, 0.1) is 6.33 Å². The number of imidazole rings is 1. The van der Waals surface area contributed by atoms with Crippen molar-refractivity contribution in [2.24, 2.45) is 0 Å². The summed E-state index contributed by atoms with van der Waals surface area (Å²) >= 11 is 0. The van der Waals surface area contributed by atoms with E-state index in [-0.39, 0.29) is 12.3 Å². The number of carbonyl (C=O) groups is 2. The van der Waals surface area contributed by atoms with E-state index in [2.05, 4.69) is 15.3 Å². The van der Waals surface area contributed by atoms with Gasteiger partial charge >= 0.3 is 5.97 Å². The number of rotatable bonds is 5. The number of hydrogen-bond acceptors (Lipinski definition) is 3. The summed E-state index contributed by atoms with van der Waals surface area (Å²) in [6.07, 6.45) is 3.94. The molecule has 6 heteroatoms. The van der Waals surface area contributed by atoms with Crippen molar-refractivity contribution in [3.63, 3.8) is 0 Å². The third kappa shape index (κ3) is 3.80. The summed E-state index contributed by atoms with van der Waals surface area (Å²) < 4.78 is 0. The zero-order valence-corrected chi connectivity index (χ0v) is 8.36. The van der Waals surface area contributed by atoms with E-state index in [4.69, 9.17) is 5.11 Å². The fourth-order valence-electron chi connectivity index (χ4n) is 1.04. The summed E-state index contributed by atoms with van der Waals surface area (Å²) in [6.45, 7) is 1.43. The highest BCUT2D eigenvalue weighted by Gasteiger charge is 2.13. The van der Waals surface area contributed by atoms with E-state index in [0.29, 0.717) is 6.42 Å². The Bertz CT molecular complexity index is 334. The largest absolute Gasteiger partial charge is 0.480 e. The third-order valence-corrected chi connectivity index (χ3v) is 1.92. The molecule has 0 aromatic carbocycles. The first kappa shape index (κ1) is 11.2. The SMILES string of the molecule is CC(NC(=O)CCc1cnc[nH]1)C(=O)O. The van der Waals surface area contributed by atoms with Gasteiger partial charge in [-0.25, -0.2) is 4.98 Å². The molecule has 3 N–H and O–H groups in total. The van der Waals surface area contributed by atoms with Gasteiger partial charge in [0.15, 0.2) is 0 Å². The second-order valence-electron chi connectivity index (χ2n) is 3.20. The average molecular weight is 211 g/mol. The molecule has 0 aliphatic rings. The second kappa shape index (κ2) is 5.14. The summed E-state index contributed by atoms with van der Waals surface area (Å²) in [7, 11) is 0. The topological polar surface area (TPSA) is 95.1 Å². The van der Waals surface area contributed by atoms with Gasteiger partial charge in [0.1, 0.15) is 6.04 Å². The average Bonchev–Trinajstić information content (AvgIpc) is 2.66. The van der Waals surface area contributed by atoms with Crippen LogP contribution in [-0.2, 0) is 16.0 Å². The molecule has 0 fully saturated rings. The lowest BCUT2D eigenvalue weighted by molar-refractivity contribution is -0.141. The molecular formula is C9H13N3O3. The molecule has 0 aliphatic heterocycles. The number of carboxylic acids is 1. The van der Waals surface area contributed by atoms with E-state index in [9.17, 15) is 9.59 Å². The van der Waals surface area contributed by atoms with Gasteiger partial charge < -0.3 is 15.4 Å². The fourth-order valence-corrected chi connectivity index (χ4v) is 1.04.